The molecule has 234 valence electrons. The molecule has 43 heavy (non-hydrogen) atoms. The molecule has 9 heteroatoms. The molecular formula is C34H46BrN3O4S. The first-order valence-electron chi connectivity index (χ1n) is 16.0. The van der Waals surface area contributed by atoms with Gasteiger partial charge in [-0.2, -0.15) is 0 Å². The van der Waals surface area contributed by atoms with Crippen LogP contribution in [0, 0.1) is 11.8 Å². The second kappa shape index (κ2) is 14.3. The maximum Gasteiger partial charge on any atom is 0.247 e. The van der Waals surface area contributed by atoms with Crippen molar-refractivity contribution in [2.24, 2.45) is 11.8 Å². The smallest absolute Gasteiger partial charge is 0.247 e. The molecule has 3 saturated heterocycles. The number of benzene rings is 1. The minimum absolute atomic E-state index is 0.0120. The minimum atomic E-state index is -0.662. The van der Waals surface area contributed by atoms with Gasteiger partial charge in [0.05, 0.1) is 16.6 Å². The average Bonchev–Trinajstić information content (AvgIpc) is 3.61. The first-order valence-corrected chi connectivity index (χ1v) is 17.8. The number of aliphatic hydroxyl groups excluding tert-OH is 1. The molecule has 7 nitrogen and oxygen atoms in total. The number of aliphatic hydroxyl groups is 1. The molecule has 1 aromatic rings. The number of thioether (sulfide) groups is 1. The van der Waals surface area contributed by atoms with Crippen LogP contribution >= 0.6 is 27.7 Å². The van der Waals surface area contributed by atoms with Gasteiger partial charge in [-0.25, -0.2) is 0 Å². The summed E-state index contributed by atoms with van der Waals surface area (Å²) < 4.78 is -0.662. The molecule has 6 atom stereocenters. The van der Waals surface area contributed by atoms with Crippen molar-refractivity contribution in [3.05, 3.63) is 61.2 Å². The van der Waals surface area contributed by atoms with Crippen molar-refractivity contribution in [2.45, 2.75) is 91.2 Å². The predicted octanol–water partition coefficient (Wildman–Crippen LogP) is 5.18. The third-order valence-corrected chi connectivity index (χ3v) is 13.1. The van der Waals surface area contributed by atoms with E-state index in [1.807, 2.05) is 45.0 Å². The highest BCUT2D eigenvalue weighted by atomic mass is 79.9. The highest BCUT2D eigenvalue weighted by Crippen LogP contribution is 2.68. The van der Waals surface area contributed by atoms with Gasteiger partial charge in [0.25, 0.3) is 0 Å². The third-order valence-electron chi connectivity index (χ3n) is 9.87. The third kappa shape index (κ3) is 6.23. The number of hydrogen-bond donors (Lipinski definition) is 1. The van der Waals surface area contributed by atoms with Gasteiger partial charge in [0.1, 0.15) is 6.04 Å². The minimum Gasteiger partial charge on any atom is -0.396 e. The Morgan fingerprint density at radius 2 is 1.77 bits per heavy atom. The summed E-state index contributed by atoms with van der Waals surface area (Å²) in [6.07, 6.45) is 11.7. The van der Waals surface area contributed by atoms with Crippen molar-refractivity contribution in [3.63, 3.8) is 0 Å². The molecule has 1 N–H and O–H groups in total. The summed E-state index contributed by atoms with van der Waals surface area (Å²) in [7, 11) is 0. The van der Waals surface area contributed by atoms with Gasteiger partial charge in [0.15, 0.2) is 0 Å². The number of unbranched alkanes of at least 4 members (excludes halogenated alkanes) is 2. The number of amides is 3. The molecule has 1 aromatic carbocycles. The van der Waals surface area contributed by atoms with E-state index in [4.69, 9.17) is 0 Å². The summed E-state index contributed by atoms with van der Waals surface area (Å²) in [4.78, 5) is 49.4. The Morgan fingerprint density at radius 1 is 1.05 bits per heavy atom. The van der Waals surface area contributed by atoms with Gasteiger partial charge >= 0.3 is 0 Å². The normalized spacial score (nSPS) is 29.9. The van der Waals surface area contributed by atoms with Crippen molar-refractivity contribution in [1.29, 1.82) is 0 Å². The monoisotopic (exact) mass is 671 g/mol. The van der Waals surface area contributed by atoms with E-state index in [0.717, 1.165) is 37.7 Å². The molecule has 1 saturated carbocycles. The van der Waals surface area contributed by atoms with Crippen LogP contribution in [0.25, 0.3) is 0 Å². The van der Waals surface area contributed by atoms with E-state index in [1.54, 1.807) is 23.9 Å². The van der Waals surface area contributed by atoms with Crippen molar-refractivity contribution < 1.29 is 19.5 Å². The largest absolute Gasteiger partial charge is 0.396 e. The van der Waals surface area contributed by atoms with Crippen LogP contribution in [0.5, 0.6) is 0 Å². The highest BCUT2D eigenvalue weighted by molar-refractivity contribution is 9.09. The zero-order valence-corrected chi connectivity index (χ0v) is 27.5. The molecule has 3 unspecified atom stereocenters. The van der Waals surface area contributed by atoms with Gasteiger partial charge in [-0.15, -0.1) is 24.9 Å². The fraction of sp³-hybridized carbons (Fsp3) is 0.618. The van der Waals surface area contributed by atoms with Crippen molar-refractivity contribution >= 4 is 45.4 Å². The first-order chi connectivity index (χ1) is 20.9. The topological polar surface area (TPSA) is 81.2 Å². The Bertz CT molecular complexity index is 1180. The van der Waals surface area contributed by atoms with E-state index >= 15 is 0 Å². The summed E-state index contributed by atoms with van der Waals surface area (Å²) in [5, 5.41) is 9.28. The number of rotatable bonds is 14. The molecule has 4 fully saturated rings. The van der Waals surface area contributed by atoms with Crippen molar-refractivity contribution in [3.8, 4) is 0 Å². The van der Waals surface area contributed by atoms with Gasteiger partial charge in [0.2, 0.25) is 17.7 Å². The number of alkyl halides is 1. The molecule has 0 radical (unpaired) electrons. The highest BCUT2D eigenvalue weighted by Gasteiger charge is 2.76. The fourth-order valence-electron chi connectivity index (χ4n) is 8.01. The number of nitrogens with zero attached hydrogens (tertiary/aromatic N) is 3. The maximum atomic E-state index is 14.8. The van der Waals surface area contributed by atoms with Gasteiger partial charge in [-0.3, -0.25) is 14.4 Å². The maximum absolute atomic E-state index is 14.8. The zero-order valence-electron chi connectivity index (χ0n) is 25.1. The number of carbonyl (C=O) groups excluding carboxylic acids is 3. The summed E-state index contributed by atoms with van der Waals surface area (Å²) >= 11 is 5.62. The lowest BCUT2D eigenvalue weighted by Crippen LogP contribution is -2.57. The average molecular weight is 673 g/mol. The molecule has 1 spiro atoms. The molecular weight excluding hydrogens is 626 g/mol. The Hall–Kier alpha value is -2.10. The molecule has 3 amide bonds. The lowest BCUT2D eigenvalue weighted by molar-refractivity contribution is -0.145. The Kier molecular flexibility index (Phi) is 10.8. The summed E-state index contributed by atoms with van der Waals surface area (Å²) in [6.45, 7) is 9.75. The number of fused-ring (bicyclic) bond motifs is 1. The van der Waals surface area contributed by atoms with Gasteiger partial charge in [-0.05, 0) is 44.1 Å². The zero-order chi connectivity index (χ0) is 30.6. The lowest BCUT2D eigenvalue weighted by atomic mass is 9.70. The van der Waals surface area contributed by atoms with Crippen molar-refractivity contribution in [2.75, 3.05) is 26.2 Å². The van der Waals surface area contributed by atoms with Crippen LogP contribution in [0.2, 0.25) is 0 Å². The standard InChI is InChI=1S/C34H46BrN3O4S/c1-3-18-36(23-24-14-8-5-9-15-24)31(40)27-28-32(41)38(20-12-7-13-21-39)30(34(28)22-26(35)29(27)43-34)33(42)37(19-4-2)25-16-10-6-11-17-25/h3-5,8-9,14-15,25-30,39H,1-2,6-7,10-13,16-23H2/t26?,27-,28-,29-,30?,34?/m0/s1. The summed E-state index contributed by atoms with van der Waals surface area (Å²) in [5.74, 6) is -1.14. The first kappa shape index (κ1) is 32.3. The van der Waals surface area contributed by atoms with E-state index in [9.17, 15) is 19.5 Å². The predicted molar refractivity (Wildman–Crippen MR) is 176 cm³/mol. The molecule has 2 bridgehead atoms. The molecule has 1 aliphatic carbocycles. The van der Waals surface area contributed by atoms with Crippen LogP contribution in [0.1, 0.15) is 63.4 Å². The van der Waals surface area contributed by atoms with Crippen LogP contribution in [0.3, 0.4) is 0 Å². The number of hydrogen-bond acceptors (Lipinski definition) is 5. The van der Waals surface area contributed by atoms with Crippen LogP contribution in [0.4, 0.5) is 0 Å². The van der Waals surface area contributed by atoms with E-state index < -0.39 is 22.6 Å². The molecule has 0 aromatic heterocycles. The Labute approximate surface area is 269 Å². The van der Waals surface area contributed by atoms with E-state index in [0.29, 0.717) is 45.4 Å². The number of likely N-dealkylation sites (tertiary alicyclic amines) is 1. The van der Waals surface area contributed by atoms with E-state index in [1.165, 1.54) is 6.42 Å². The second-order valence-corrected chi connectivity index (χ2v) is 15.3. The lowest BCUT2D eigenvalue weighted by Gasteiger charge is -2.41. The second-order valence-electron chi connectivity index (χ2n) is 12.5. The summed E-state index contributed by atoms with van der Waals surface area (Å²) in [6, 6.07) is 9.45. The summed E-state index contributed by atoms with van der Waals surface area (Å²) in [5.41, 5.74) is 1.03. The quantitative estimate of drug-likeness (QED) is 0.168. The number of carbonyl (C=O) groups is 3. The molecule has 3 heterocycles. The number of halogens is 1. The van der Waals surface area contributed by atoms with Crippen LogP contribution in [0.15, 0.2) is 55.6 Å². The van der Waals surface area contributed by atoms with Gasteiger partial charge in [-0.1, -0.05) is 77.7 Å². The van der Waals surface area contributed by atoms with Gasteiger partial charge < -0.3 is 19.8 Å². The molecule has 3 aliphatic heterocycles. The molecule has 4 aliphatic rings. The van der Waals surface area contributed by atoms with Gasteiger partial charge in [0, 0.05) is 48.9 Å². The van der Waals surface area contributed by atoms with Crippen molar-refractivity contribution in [1.82, 2.24) is 14.7 Å². The van der Waals surface area contributed by atoms with Crippen LogP contribution in [-0.4, -0.2) is 90.7 Å². The Morgan fingerprint density at radius 3 is 2.44 bits per heavy atom. The van der Waals surface area contributed by atoms with Crippen LogP contribution in [-0.2, 0) is 20.9 Å². The SMILES string of the molecule is C=CCN(Cc1ccccc1)C(=O)[C@H]1[C@H]2C(=O)N(CCCCCO)C(C(=O)N(CC=C)C3CCCCC3)C23CC(Br)[C@@H]1S3. The van der Waals surface area contributed by atoms with Crippen LogP contribution < -0.4 is 0 Å². The van der Waals surface area contributed by atoms with E-state index in [2.05, 4.69) is 29.1 Å². The van der Waals surface area contributed by atoms with E-state index in [-0.39, 0.29) is 40.4 Å². The molecule has 5 rings (SSSR count). The fourth-order valence-corrected chi connectivity index (χ4v) is 11.6. The Balaban J connectivity index is 1.50.